The number of nitrogens with one attached hydrogen (secondary N) is 1. The van der Waals surface area contributed by atoms with Crippen LogP contribution in [-0.4, -0.2) is 43.5 Å². The molecule has 1 atom stereocenters. The molecule has 1 aliphatic heterocycles. The Kier molecular flexibility index (Phi) is 6.12. The molecule has 6 heteroatoms. The third-order valence-corrected chi connectivity index (χ3v) is 5.10. The Morgan fingerprint density at radius 1 is 1.12 bits per heavy atom. The molecule has 26 heavy (non-hydrogen) atoms. The second kappa shape index (κ2) is 8.52. The van der Waals surface area contributed by atoms with Crippen molar-refractivity contribution in [1.29, 1.82) is 0 Å². The number of halogens is 2. The number of anilines is 1. The Bertz CT molecular complexity index is 762. The molecule has 1 fully saturated rings. The second-order valence-electron chi connectivity index (χ2n) is 6.44. The molecule has 0 aliphatic carbocycles. The Morgan fingerprint density at radius 2 is 1.77 bits per heavy atom. The van der Waals surface area contributed by atoms with Gasteiger partial charge in [-0.2, -0.15) is 0 Å². The molecule has 0 aromatic heterocycles. The van der Waals surface area contributed by atoms with Gasteiger partial charge in [0.25, 0.3) is 0 Å². The van der Waals surface area contributed by atoms with E-state index < -0.39 is 0 Å². The Hall–Kier alpha value is -2.11. The first kappa shape index (κ1) is 18.7. The summed E-state index contributed by atoms with van der Waals surface area (Å²) in [6.45, 7) is 4.70. The zero-order valence-electron chi connectivity index (χ0n) is 14.8. The van der Waals surface area contributed by atoms with E-state index in [1.165, 1.54) is 6.07 Å². The van der Waals surface area contributed by atoms with Gasteiger partial charge in [0, 0.05) is 37.2 Å². The molecule has 1 saturated heterocycles. The lowest BCUT2D eigenvalue weighted by molar-refractivity contribution is -0.130. The van der Waals surface area contributed by atoms with Crippen molar-refractivity contribution in [3.8, 4) is 0 Å². The predicted molar refractivity (Wildman–Crippen MR) is 103 cm³/mol. The van der Waals surface area contributed by atoms with Crippen LogP contribution in [0.1, 0.15) is 18.5 Å². The summed E-state index contributed by atoms with van der Waals surface area (Å²) in [7, 11) is 0. The molecule has 0 radical (unpaired) electrons. The number of piperazine rings is 1. The summed E-state index contributed by atoms with van der Waals surface area (Å²) >= 11 is 6.20. The van der Waals surface area contributed by atoms with E-state index in [9.17, 15) is 9.18 Å². The van der Waals surface area contributed by atoms with E-state index in [1.54, 1.807) is 12.1 Å². The fraction of sp³-hybridized carbons (Fsp3) is 0.350. The molecule has 1 N–H and O–H groups in total. The molecule has 0 saturated carbocycles. The lowest BCUT2D eigenvalue weighted by Crippen LogP contribution is -2.51. The largest absolute Gasteiger partial charge is 0.366 e. The molecule has 138 valence electrons. The van der Waals surface area contributed by atoms with E-state index in [1.807, 2.05) is 47.1 Å². The minimum atomic E-state index is -0.220. The lowest BCUT2D eigenvalue weighted by atomic mass is 10.1. The van der Waals surface area contributed by atoms with Crippen LogP contribution in [0.15, 0.2) is 48.5 Å². The van der Waals surface area contributed by atoms with E-state index in [0.29, 0.717) is 36.9 Å². The summed E-state index contributed by atoms with van der Waals surface area (Å²) < 4.78 is 13.9. The van der Waals surface area contributed by atoms with Crippen LogP contribution in [0.2, 0.25) is 5.02 Å². The highest BCUT2D eigenvalue weighted by Crippen LogP contribution is 2.22. The van der Waals surface area contributed by atoms with E-state index in [2.05, 4.69) is 5.32 Å². The number of benzene rings is 2. The first-order valence-corrected chi connectivity index (χ1v) is 9.19. The van der Waals surface area contributed by atoms with Crippen LogP contribution in [0, 0.1) is 5.82 Å². The average molecular weight is 376 g/mol. The summed E-state index contributed by atoms with van der Waals surface area (Å²) in [6, 6.07) is 14.4. The van der Waals surface area contributed by atoms with Gasteiger partial charge in [-0.3, -0.25) is 4.79 Å². The Labute approximate surface area is 158 Å². The number of nitrogens with zero attached hydrogens (tertiary/aromatic N) is 2. The van der Waals surface area contributed by atoms with Crippen molar-refractivity contribution in [1.82, 2.24) is 10.2 Å². The summed E-state index contributed by atoms with van der Waals surface area (Å²) in [5.41, 5.74) is 1.58. The standard InChI is InChI=1S/C20H23ClFN3O/c1-15(16-6-2-3-7-17(16)21)23-14-20(26)25-12-10-24(11-13-25)19-9-5-4-8-18(19)22/h2-9,15,23H,10-14H2,1H3/t15-/m1/s1. The maximum atomic E-state index is 13.9. The monoisotopic (exact) mass is 375 g/mol. The maximum absolute atomic E-state index is 13.9. The third kappa shape index (κ3) is 4.34. The van der Waals surface area contributed by atoms with Gasteiger partial charge in [0.05, 0.1) is 12.2 Å². The van der Waals surface area contributed by atoms with Crippen LogP contribution in [0.4, 0.5) is 10.1 Å². The molecule has 1 amide bonds. The summed E-state index contributed by atoms with van der Waals surface area (Å²) in [5, 5.41) is 3.93. The quantitative estimate of drug-likeness (QED) is 0.869. The zero-order chi connectivity index (χ0) is 18.5. The molecule has 0 spiro atoms. The van der Waals surface area contributed by atoms with Gasteiger partial charge >= 0.3 is 0 Å². The third-order valence-electron chi connectivity index (χ3n) is 4.76. The number of carbonyl (C=O) groups is 1. The topological polar surface area (TPSA) is 35.6 Å². The SMILES string of the molecule is C[C@@H](NCC(=O)N1CCN(c2ccccc2F)CC1)c1ccccc1Cl. The fourth-order valence-corrected chi connectivity index (χ4v) is 3.49. The van der Waals surface area contributed by atoms with Crippen LogP contribution in [0.25, 0.3) is 0 Å². The lowest BCUT2D eigenvalue weighted by Gasteiger charge is -2.36. The molecule has 3 rings (SSSR count). The normalized spacial score (nSPS) is 15.8. The smallest absolute Gasteiger partial charge is 0.236 e. The van der Waals surface area contributed by atoms with Crippen LogP contribution in [0.5, 0.6) is 0 Å². The van der Waals surface area contributed by atoms with Gasteiger partial charge in [-0.1, -0.05) is 41.9 Å². The van der Waals surface area contributed by atoms with Crippen molar-refractivity contribution in [3.63, 3.8) is 0 Å². The van der Waals surface area contributed by atoms with Crippen molar-refractivity contribution in [2.24, 2.45) is 0 Å². The van der Waals surface area contributed by atoms with Crippen molar-refractivity contribution in [3.05, 3.63) is 64.9 Å². The van der Waals surface area contributed by atoms with Crippen LogP contribution < -0.4 is 10.2 Å². The van der Waals surface area contributed by atoms with E-state index in [-0.39, 0.29) is 24.3 Å². The molecule has 0 unspecified atom stereocenters. The number of hydrogen-bond donors (Lipinski definition) is 1. The number of rotatable bonds is 5. The number of hydrogen-bond acceptors (Lipinski definition) is 3. The Morgan fingerprint density at radius 3 is 2.46 bits per heavy atom. The van der Waals surface area contributed by atoms with E-state index >= 15 is 0 Å². The van der Waals surface area contributed by atoms with Crippen LogP contribution in [0.3, 0.4) is 0 Å². The van der Waals surface area contributed by atoms with Crippen molar-refractivity contribution in [2.45, 2.75) is 13.0 Å². The average Bonchev–Trinajstić information content (AvgIpc) is 2.67. The molecule has 0 bridgehead atoms. The van der Waals surface area contributed by atoms with Crippen LogP contribution >= 0.6 is 11.6 Å². The van der Waals surface area contributed by atoms with E-state index in [4.69, 9.17) is 11.6 Å². The first-order chi connectivity index (χ1) is 12.6. The Balaban J connectivity index is 1.50. The second-order valence-corrected chi connectivity index (χ2v) is 6.85. The van der Waals surface area contributed by atoms with Gasteiger partial charge in [0.1, 0.15) is 5.82 Å². The molecule has 2 aromatic carbocycles. The summed E-state index contributed by atoms with van der Waals surface area (Å²) in [6.07, 6.45) is 0. The highest BCUT2D eigenvalue weighted by atomic mass is 35.5. The molecule has 4 nitrogen and oxygen atoms in total. The van der Waals surface area contributed by atoms with Gasteiger partial charge < -0.3 is 15.1 Å². The van der Waals surface area contributed by atoms with Crippen molar-refractivity contribution < 1.29 is 9.18 Å². The minimum absolute atomic E-state index is 0.00708. The van der Waals surface area contributed by atoms with Crippen molar-refractivity contribution >= 4 is 23.2 Å². The summed E-state index contributed by atoms with van der Waals surface area (Å²) in [5.74, 6) is -0.167. The maximum Gasteiger partial charge on any atom is 0.236 e. The molecule has 1 heterocycles. The van der Waals surface area contributed by atoms with Gasteiger partial charge in [0.15, 0.2) is 0 Å². The molecule has 1 aliphatic rings. The molecular weight excluding hydrogens is 353 g/mol. The predicted octanol–water partition coefficient (Wildman–Crippen LogP) is 3.48. The van der Waals surface area contributed by atoms with Gasteiger partial charge in [-0.25, -0.2) is 4.39 Å². The number of amides is 1. The summed E-state index contributed by atoms with van der Waals surface area (Å²) in [4.78, 5) is 16.3. The zero-order valence-corrected chi connectivity index (χ0v) is 15.5. The molecular formula is C20H23ClFN3O. The number of carbonyl (C=O) groups excluding carboxylic acids is 1. The van der Waals surface area contributed by atoms with Gasteiger partial charge in [0.2, 0.25) is 5.91 Å². The first-order valence-electron chi connectivity index (χ1n) is 8.81. The van der Waals surface area contributed by atoms with Crippen LogP contribution in [-0.2, 0) is 4.79 Å². The minimum Gasteiger partial charge on any atom is -0.366 e. The van der Waals surface area contributed by atoms with Gasteiger partial charge in [-0.15, -0.1) is 0 Å². The molecule has 2 aromatic rings. The number of para-hydroxylation sites is 1. The van der Waals surface area contributed by atoms with Gasteiger partial charge in [-0.05, 0) is 30.7 Å². The van der Waals surface area contributed by atoms with Crippen molar-refractivity contribution in [2.75, 3.05) is 37.6 Å². The van der Waals surface area contributed by atoms with E-state index in [0.717, 1.165) is 5.56 Å². The highest BCUT2D eigenvalue weighted by Gasteiger charge is 2.23. The highest BCUT2D eigenvalue weighted by molar-refractivity contribution is 6.31. The fourth-order valence-electron chi connectivity index (χ4n) is 3.19.